The average molecular weight is 794 g/mol. The summed E-state index contributed by atoms with van der Waals surface area (Å²) in [4.78, 5) is 16.1. The number of methoxy groups -OCH3 is 8. The van der Waals surface area contributed by atoms with Crippen LogP contribution < -0.4 is 37.9 Å². The van der Waals surface area contributed by atoms with Crippen molar-refractivity contribution in [2.45, 2.75) is 26.6 Å². The van der Waals surface area contributed by atoms with Gasteiger partial charge in [-0.15, -0.1) is 17.9 Å². The predicted molar refractivity (Wildman–Crippen MR) is 208 cm³/mol. The summed E-state index contributed by atoms with van der Waals surface area (Å²) in [5, 5.41) is 0. The molecule has 0 saturated carbocycles. The zero-order valence-corrected chi connectivity index (χ0v) is 34.2. The molecule has 0 unspecified atom stereocenters. The highest BCUT2D eigenvalue weighted by atomic mass is 79.9. The van der Waals surface area contributed by atoms with Gasteiger partial charge in [0.05, 0.1) is 56.9 Å². The van der Waals surface area contributed by atoms with E-state index in [1.54, 1.807) is 99.7 Å². The Morgan fingerprint density at radius 2 is 0.865 bits per heavy atom. The van der Waals surface area contributed by atoms with Crippen LogP contribution in [-0.4, -0.2) is 84.9 Å². The average Bonchev–Trinajstić information content (AvgIpc) is 3.17. The molecule has 0 amide bonds. The van der Waals surface area contributed by atoms with Gasteiger partial charge < -0.3 is 37.9 Å². The van der Waals surface area contributed by atoms with Crippen LogP contribution in [0.2, 0.25) is 19.6 Å². The minimum atomic E-state index is -1.35. The summed E-state index contributed by atoms with van der Waals surface area (Å²) in [7, 11) is 11.1. The molecule has 0 aliphatic carbocycles. The van der Waals surface area contributed by atoms with Crippen LogP contribution in [0.3, 0.4) is 0 Å². The largest absolute Gasteiger partial charge is 0.491 e. The topological polar surface area (TPSA) is 125 Å². The number of ether oxygens (including phenoxy) is 8. The second-order valence-corrected chi connectivity index (χ2v) is 16.4. The van der Waals surface area contributed by atoms with Gasteiger partial charge in [0.2, 0.25) is 0 Å². The first-order valence-corrected chi connectivity index (χ1v) is 19.6. The number of pyridine rings is 4. The fraction of sp³-hybridized carbons (Fsp3) is 0.316. The highest BCUT2D eigenvalue weighted by molar-refractivity contribution is 9.10. The highest BCUT2D eigenvalue weighted by Gasteiger charge is 2.09. The van der Waals surface area contributed by atoms with Gasteiger partial charge in [-0.2, -0.15) is 0 Å². The van der Waals surface area contributed by atoms with Crippen LogP contribution in [0.15, 0.2) is 53.5 Å². The number of terminal acetylenes is 1. The molecular formula is C38H45BrN4O8Si. The number of halogens is 1. The van der Waals surface area contributed by atoms with Crippen molar-refractivity contribution in [2.75, 3.05) is 56.9 Å². The van der Waals surface area contributed by atoms with Crippen LogP contribution in [-0.2, 0) is 0 Å². The summed E-state index contributed by atoms with van der Waals surface area (Å²) in [5.41, 5.74) is 5.63. The maximum absolute atomic E-state index is 5.18. The zero-order valence-electron chi connectivity index (χ0n) is 31.6. The Labute approximate surface area is 316 Å². The fourth-order valence-corrected chi connectivity index (χ4v) is 4.35. The molecule has 14 heteroatoms. The lowest BCUT2D eigenvalue weighted by atomic mass is 10.3. The van der Waals surface area contributed by atoms with Gasteiger partial charge in [0, 0.05) is 70.2 Å². The number of hydrogen-bond donors (Lipinski definition) is 0. The molecule has 52 heavy (non-hydrogen) atoms. The van der Waals surface area contributed by atoms with Crippen molar-refractivity contribution >= 4 is 24.0 Å². The Morgan fingerprint density at radius 1 is 0.519 bits per heavy atom. The van der Waals surface area contributed by atoms with E-state index in [4.69, 9.17) is 44.3 Å². The maximum Gasteiger partial charge on any atom is 0.256 e. The third-order valence-electron chi connectivity index (χ3n) is 5.91. The SMILES string of the molecule is C#Cc1cnc(OC)c(OC)c1.CC#Cc1cnc(OC)c(OC)c1.COc1cc(Br)cnc1OC.COc1cc(C#C[Si](C)(C)C)cnc1OC. The van der Waals surface area contributed by atoms with E-state index < -0.39 is 8.07 Å². The van der Waals surface area contributed by atoms with Crippen LogP contribution in [0.4, 0.5) is 0 Å². The molecule has 0 aliphatic heterocycles. The standard InChI is InChI=1S/C12H17NO2Si.C10H11NO2.C9H9NO2.C7H8BrNO2/c1-14-11-8-10(6-7-16(3,4)5)9-13-12(11)15-2;1-4-5-8-6-9(12-2)10(13-3)11-7-8;1-4-7-5-8(11-2)9(12-3)10-6-7;1-10-6-3-5(8)4-9-7(6)11-2/h8-9H,1-5H3;6-7H,1-3H3;1,5-6H,2-3H3;3-4H,1-2H3. The molecule has 0 aliphatic rings. The van der Waals surface area contributed by atoms with E-state index in [9.17, 15) is 0 Å². The van der Waals surface area contributed by atoms with Gasteiger partial charge in [-0.3, -0.25) is 0 Å². The van der Waals surface area contributed by atoms with Crippen molar-refractivity contribution in [3.63, 3.8) is 0 Å². The predicted octanol–water partition coefficient (Wildman–Crippen LogP) is 6.74. The first-order valence-electron chi connectivity index (χ1n) is 15.3. The lowest BCUT2D eigenvalue weighted by Crippen LogP contribution is -2.16. The fourth-order valence-electron chi connectivity index (χ4n) is 3.52. The van der Waals surface area contributed by atoms with E-state index in [1.165, 1.54) is 7.11 Å². The van der Waals surface area contributed by atoms with Crippen molar-refractivity contribution in [3.05, 3.63) is 70.2 Å². The number of rotatable bonds is 8. The Hall–Kier alpha value is -5.62. The smallest absolute Gasteiger partial charge is 0.256 e. The molecule has 276 valence electrons. The van der Waals surface area contributed by atoms with Crippen LogP contribution in [0.5, 0.6) is 46.5 Å². The van der Waals surface area contributed by atoms with Crippen molar-refractivity contribution in [1.82, 2.24) is 19.9 Å². The summed E-state index contributed by atoms with van der Waals surface area (Å²) in [6, 6.07) is 7.14. The molecule has 0 bridgehead atoms. The number of hydrogen-bond acceptors (Lipinski definition) is 12. The summed E-state index contributed by atoms with van der Waals surface area (Å²) >= 11 is 3.27. The van der Waals surface area contributed by atoms with Gasteiger partial charge >= 0.3 is 0 Å². The Kier molecular flexibility index (Phi) is 20.3. The molecule has 0 spiro atoms. The zero-order chi connectivity index (χ0) is 39.1. The molecule has 0 atom stereocenters. The third-order valence-corrected chi connectivity index (χ3v) is 7.22. The molecule has 12 nitrogen and oxygen atoms in total. The molecule has 4 aromatic rings. The van der Waals surface area contributed by atoms with E-state index in [2.05, 4.69) is 84.7 Å². The van der Waals surface area contributed by atoms with E-state index in [0.717, 1.165) is 15.6 Å². The number of nitrogens with zero attached hydrogens (tertiary/aromatic N) is 4. The molecule has 4 heterocycles. The van der Waals surface area contributed by atoms with Gasteiger partial charge in [-0.25, -0.2) is 19.9 Å². The lowest BCUT2D eigenvalue weighted by Gasteiger charge is -2.06. The monoisotopic (exact) mass is 792 g/mol. The number of aromatic nitrogens is 4. The van der Waals surface area contributed by atoms with E-state index >= 15 is 0 Å². The summed E-state index contributed by atoms with van der Waals surface area (Å²) < 4.78 is 41.0. The van der Waals surface area contributed by atoms with Gasteiger partial charge in [0.25, 0.3) is 23.5 Å². The molecule has 0 radical (unpaired) electrons. The summed E-state index contributed by atoms with van der Waals surface area (Å²) in [6.45, 7) is 8.38. The molecule has 4 rings (SSSR count). The quantitative estimate of drug-likeness (QED) is 0.139. The molecule has 0 saturated heterocycles. The highest BCUT2D eigenvalue weighted by Crippen LogP contribution is 2.27. The van der Waals surface area contributed by atoms with Crippen LogP contribution >= 0.6 is 15.9 Å². The molecule has 0 N–H and O–H groups in total. The second-order valence-electron chi connectivity index (χ2n) is 10.7. The van der Waals surface area contributed by atoms with Gasteiger partial charge in [-0.05, 0) is 22.9 Å². The maximum atomic E-state index is 5.18. The van der Waals surface area contributed by atoms with Crippen molar-refractivity contribution in [1.29, 1.82) is 0 Å². The molecule has 0 fully saturated rings. The second kappa shape index (κ2) is 23.7. The summed E-state index contributed by atoms with van der Waals surface area (Å²) in [6.07, 6.45) is 11.7. The van der Waals surface area contributed by atoms with Gasteiger partial charge in [0.15, 0.2) is 23.0 Å². The lowest BCUT2D eigenvalue weighted by molar-refractivity contribution is 0.342. The normalized spacial score (nSPS) is 9.31. The minimum Gasteiger partial charge on any atom is -0.491 e. The van der Waals surface area contributed by atoms with Crippen molar-refractivity contribution in [3.8, 4) is 82.2 Å². The van der Waals surface area contributed by atoms with Gasteiger partial charge in [-0.1, -0.05) is 37.4 Å². The molecule has 4 aromatic heterocycles. The Balaban J connectivity index is 0.000000350. The minimum absolute atomic E-state index is 0.441. The van der Waals surface area contributed by atoms with Crippen LogP contribution in [0.1, 0.15) is 23.6 Å². The van der Waals surface area contributed by atoms with Crippen LogP contribution in [0.25, 0.3) is 0 Å². The van der Waals surface area contributed by atoms with Gasteiger partial charge in [0.1, 0.15) is 8.07 Å². The molecule has 0 aromatic carbocycles. The van der Waals surface area contributed by atoms with Crippen molar-refractivity contribution < 1.29 is 37.9 Å². The van der Waals surface area contributed by atoms with Crippen molar-refractivity contribution in [2.24, 2.45) is 0 Å². The Bertz CT molecular complexity index is 1890. The third kappa shape index (κ3) is 15.5. The first kappa shape index (κ1) is 44.4. The summed E-state index contributed by atoms with van der Waals surface area (Å²) in [5.74, 6) is 15.5. The van der Waals surface area contributed by atoms with Crippen LogP contribution in [0, 0.1) is 35.6 Å². The van der Waals surface area contributed by atoms with E-state index in [-0.39, 0.29) is 0 Å². The van der Waals surface area contributed by atoms with E-state index in [0.29, 0.717) is 52.1 Å². The first-order chi connectivity index (χ1) is 24.9. The van der Waals surface area contributed by atoms with E-state index in [1.807, 2.05) is 6.07 Å². The Morgan fingerprint density at radius 3 is 1.21 bits per heavy atom. The molecular weight excluding hydrogens is 748 g/mol.